The van der Waals surface area contributed by atoms with Gasteiger partial charge in [-0.2, -0.15) is 0 Å². The molecule has 3 N–H and O–H groups in total. The largest absolute Gasteiger partial charge is 0.409 e. The van der Waals surface area contributed by atoms with Gasteiger partial charge in [0.25, 0.3) is 0 Å². The van der Waals surface area contributed by atoms with Gasteiger partial charge in [-0.25, -0.2) is 0 Å². The summed E-state index contributed by atoms with van der Waals surface area (Å²) in [4.78, 5) is 4.84. The number of benzene rings is 1. The lowest BCUT2D eigenvalue weighted by Crippen LogP contribution is -2.54. The highest BCUT2D eigenvalue weighted by Gasteiger charge is 2.26. The Kier molecular flexibility index (Phi) is 4.62. The van der Waals surface area contributed by atoms with E-state index in [-0.39, 0.29) is 5.84 Å². The number of hydrogen-bond donors (Lipinski definition) is 2. The molecule has 1 saturated heterocycles. The first kappa shape index (κ1) is 14.8. The molecule has 110 valence electrons. The van der Waals surface area contributed by atoms with Crippen LogP contribution in [0.15, 0.2) is 29.4 Å². The van der Waals surface area contributed by atoms with E-state index in [4.69, 9.17) is 10.9 Å². The van der Waals surface area contributed by atoms with Gasteiger partial charge in [0.2, 0.25) is 0 Å². The Balaban J connectivity index is 2.15. The smallest absolute Gasteiger partial charge is 0.170 e. The molecule has 2 unspecified atom stereocenters. The van der Waals surface area contributed by atoms with Crippen molar-refractivity contribution in [2.45, 2.75) is 32.5 Å². The highest BCUT2D eigenvalue weighted by molar-refractivity contribution is 5.98. The lowest BCUT2D eigenvalue weighted by molar-refractivity contribution is 0.0556. The minimum atomic E-state index is 0.177. The van der Waals surface area contributed by atoms with Gasteiger partial charge in [0.1, 0.15) is 0 Å². The van der Waals surface area contributed by atoms with Crippen LogP contribution in [0.4, 0.5) is 0 Å². The number of oxime groups is 1. The van der Waals surface area contributed by atoms with Crippen LogP contribution in [0.5, 0.6) is 0 Å². The fourth-order valence-corrected chi connectivity index (χ4v) is 2.85. The van der Waals surface area contributed by atoms with E-state index in [0.29, 0.717) is 12.1 Å². The summed E-state index contributed by atoms with van der Waals surface area (Å²) in [6.45, 7) is 7.39. The third kappa shape index (κ3) is 3.11. The molecule has 20 heavy (non-hydrogen) atoms. The SMILES string of the molecule is CC1CN(Cc2ccccc2/C(N)=N/O)CC(C)N1C. The van der Waals surface area contributed by atoms with E-state index in [2.05, 4.69) is 35.9 Å². The monoisotopic (exact) mass is 276 g/mol. The Labute approximate surface area is 120 Å². The minimum Gasteiger partial charge on any atom is -0.409 e. The van der Waals surface area contributed by atoms with Crippen LogP contribution in [-0.4, -0.2) is 53.1 Å². The van der Waals surface area contributed by atoms with Crippen molar-refractivity contribution >= 4 is 5.84 Å². The van der Waals surface area contributed by atoms with E-state index in [0.717, 1.165) is 30.8 Å². The molecule has 0 bridgehead atoms. The first-order valence-corrected chi connectivity index (χ1v) is 7.03. The third-order valence-electron chi connectivity index (χ3n) is 4.23. The Bertz CT molecular complexity index is 477. The van der Waals surface area contributed by atoms with E-state index >= 15 is 0 Å². The second-order valence-electron chi connectivity index (χ2n) is 5.70. The van der Waals surface area contributed by atoms with Crippen molar-refractivity contribution in [2.75, 3.05) is 20.1 Å². The van der Waals surface area contributed by atoms with Gasteiger partial charge in [0.05, 0.1) is 0 Å². The third-order valence-corrected chi connectivity index (χ3v) is 4.23. The van der Waals surface area contributed by atoms with Crippen molar-refractivity contribution < 1.29 is 5.21 Å². The van der Waals surface area contributed by atoms with Crippen LogP contribution in [-0.2, 0) is 6.54 Å². The maximum absolute atomic E-state index is 8.88. The molecule has 0 aliphatic carbocycles. The second-order valence-corrected chi connectivity index (χ2v) is 5.70. The van der Waals surface area contributed by atoms with Crippen LogP contribution in [0, 0.1) is 0 Å². The average Bonchev–Trinajstić information content (AvgIpc) is 2.44. The quantitative estimate of drug-likeness (QED) is 0.378. The maximum Gasteiger partial charge on any atom is 0.170 e. The number of hydrogen-bond acceptors (Lipinski definition) is 4. The molecule has 0 aromatic heterocycles. The van der Waals surface area contributed by atoms with Gasteiger partial charge in [-0.3, -0.25) is 9.80 Å². The van der Waals surface area contributed by atoms with Crippen LogP contribution in [0.25, 0.3) is 0 Å². The lowest BCUT2D eigenvalue weighted by atomic mass is 10.0. The highest BCUT2D eigenvalue weighted by atomic mass is 16.4. The summed E-state index contributed by atoms with van der Waals surface area (Å²) in [7, 11) is 2.18. The minimum absolute atomic E-state index is 0.177. The molecule has 5 heteroatoms. The predicted octanol–water partition coefficient (Wildman–Crippen LogP) is 1.31. The maximum atomic E-state index is 8.88. The molecule has 0 spiro atoms. The van der Waals surface area contributed by atoms with Crippen LogP contribution in [0.1, 0.15) is 25.0 Å². The topological polar surface area (TPSA) is 65.1 Å². The zero-order valence-corrected chi connectivity index (χ0v) is 12.5. The molecule has 1 heterocycles. The molecule has 0 amide bonds. The average molecular weight is 276 g/mol. The van der Waals surface area contributed by atoms with Crippen molar-refractivity contribution in [1.29, 1.82) is 0 Å². The summed E-state index contributed by atoms with van der Waals surface area (Å²) in [5.74, 6) is 0.177. The normalized spacial score (nSPS) is 25.9. The molecule has 1 aliphatic rings. The number of rotatable bonds is 3. The molecule has 0 radical (unpaired) electrons. The fraction of sp³-hybridized carbons (Fsp3) is 0.533. The first-order valence-electron chi connectivity index (χ1n) is 7.03. The molecule has 1 aromatic rings. The van der Waals surface area contributed by atoms with Crippen LogP contribution in [0.3, 0.4) is 0 Å². The number of amidine groups is 1. The molecular weight excluding hydrogens is 252 g/mol. The van der Waals surface area contributed by atoms with Gasteiger partial charge in [-0.05, 0) is 26.5 Å². The molecule has 5 nitrogen and oxygen atoms in total. The van der Waals surface area contributed by atoms with E-state index in [1.54, 1.807) is 0 Å². The molecule has 2 rings (SSSR count). The van der Waals surface area contributed by atoms with Crippen molar-refractivity contribution in [3.8, 4) is 0 Å². The van der Waals surface area contributed by atoms with Gasteiger partial charge >= 0.3 is 0 Å². The molecule has 1 aliphatic heterocycles. The standard InChI is InChI=1S/C15H24N4O/c1-11-8-19(9-12(2)18(11)3)10-13-6-4-5-7-14(13)15(16)17-20/h4-7,11-12,20H,8-10H2,1-3H3,(H2,16,17). The van der Waals surface area contributed by atoms with E-state index < -0.39 is 0 Å². The Hall–Kier alpha value is -1.59. The zero-order chi connectivity index (χ0) is 14.7. The van der Waals surface area contributed by atoms with Crippen LogP contribution < -0.4 is 5.73 Å². The Morgan fingerprint density at radius 1 is 1.30 bits per heavy atom. The van der Waals surface area contributed by atoms with Gasteiger partial charge < -0.3 is 10.9 Å². The lowest BCUT2D eigenvalue weighted by Gasteiger charge is -2.42. The summed E-state index contributed by atoms with van der Waals surface area (Å²) < 4.78 is 0. The summed E-state index contributed by atoms with van der Waals surface area (Å²) in [6, 6.07) is 8.91. The van der Waals surface area contributed by atoms with Gasteiger partial charge in [0, 0.05) is 37.3 Å². The predicted molar refractivity (Wildman–Crippen MR) is 80.9 cm³/mol. The van der Waals surface area contributed by atoms with Gasteiger partial charge in [-0.15, -0.1) is 0 Å². The second kappa shape index (κ2) is 6.24. The van der Waals surface area contributed by atoms with E-state index in [9.17, 15) is 0 Å². The fourth-order valence-electron chi connectivity index (χ4n) is 2.85. The van der Waals surface area contributed by atoms with Crippen LogP contribution >= 0.6 is 0 Å². The first-order chi connectivity index (χ1) is 9.52. The van der Waals surface area contributed by atoms with E-state index in [1.807, 2.05) is 24.3 Å². The van der Waals surface area contributed by atoms with Crippen molar-refractivity contribution in [3.63, 3.8) is 0 Å². The molecule has 1 fully saturated rings. The Morgan fingerprint density at radius 2 is 1.90 bits per heavy atom. The molecule has 1 aromatic carbocycles. The van der Waals surface area contributed by atoms with Gasteiger partial charge in [0.15, 0.2) is 5.84 Å². The summed E-state index contributed by atoms with van der Waals surface area (Å²) in [5, 5.41) is 12.0. The van der Waals surface area contributed by atoms with Crippen molar-refractivity contribution in [3.05, 3.63) is 35.4 Å². The molecule has 2 atom stereocenters. The van der Waals surface area contributed by atoms with Gasteiger partial charge in [-0.1, -0.05) is 29.4 Å². The molecular formula is C15H24N4O. The van der Waals surface area contributed by atoms with Crippen molar-refractivity contribution in [1.82, 2.24) is 9.80 Å². The van der Waals surface area contributed by atoms with Crippen molar-refractivity contribution in [2.24, 2.45) is 10.9 Å². The number of nitrogens with two attached hydrogens (primary N) is 1. The Morgan fingerprint density at radius 3 is 2.50 bits per heavy atom. The summed E-state index contributed by atoms with van der Waals surface area (Å²) in [6.07, 6.45) is 0. The number of piperazine rings is 1. The zero-order valence-electron chi connectivity index (χ0n) is 12.5. The number of likely N-dealkylation sites (N-methyl/N-ethyl adjacent to an activating group) is 1. The van der Waals surface area contributed by atoms with E-state index in [1.165, 1.54) is 0 Å². The summed E-state index contributed by atoms with van der Waals surface area (Å²) in [5.41, 5.74) is 7.67. The highest BCUT2D eigenvalue weighted by Crippen LogP contribution is 2.18. The van der Waals surface area contributed by atoms with Crippen LogP contribution in [0.2, 0.25) is 0 Å². The molecule has 0 saturated carbocycles. The summed E-state index contributed by atoms with van der Waals surface area (Å²) >= 11 is 0. The number of nitrogens with zero attached hydrogens (tertiary/aromatic N) is 3.